The fourth-order valence-corrected chi connectivity index (χ4v) is 4.20. The summed E-state index contributed by atoms with van der Waals surface area (Å²) in [6, 6.07) is 3.62. The highest BCUT2D eigenvalue weighted by molar-refractivity contribution is 7.15. The third-order valence-electron chi connectivity index (χ3n) is 4.34. The Balaban J connectivity index is 1.38. The molecule has 3 heterocycles. The number of nitrogens with zero attached hydrogens (tertiary/aromatic N) is 2. The summed E-state index contributed by atoms with van der Waals surface area (Å²) in [5.41, 5.74) is 1.12. The van der Waals surface area contributed by atoms with Crippen LogP contribution in [0.15, 0.2) is 22.8 Å². The normalized spacial score (nSPS) is 20.1. The first-order valence-corrected chi connectivity index (χ1v) is 8.60. The smallest absolute Gasteiger partial charge is 0.231 e. The van der Waals surface area contributed by atoms with Crippen molar-refractivity contribution >= 4 is 28.3 Å². The zero-order chi connectivity index (χ0) is 15.8. The molecule has 23 heavy (non-hydrogen) atoms. The van der Waals surface area contributed by atoms with E-state index in [0.29, 0.717) is 18.2 Å². The largest absolute Gasteiger partial charge is 0.467 e. The van der Waals surface area contributed by atoms with Crippen LogP contribution in [0.3, 0.4) is 0 Å². The van der Waals surface area contributed by atoms with E-state index in [9.17, 15) is 9.59 Å². The molecule has 1 aliphatic carbocycles. The summed E-state index contributed by atoms with van der Waals surface area (Å²) in [5.74, 6) is 0.280. The minimum Gasteiger partial charge on any atom is -0.467 e. The van der Waals surface area contributed by atoms with E-state index in [0.717, 1.165) is 30.7 Å². The van der Waals surface area contributed by atoms with Crippen molar-refractivity contribution in [1.29, 1.82) is 0 Å². The summed E-state index contributed by atoms with van der Waals surface area (Å²) in [6.45, 7) is 0.845. The fourth-order valence-electron chi connectivity index (χ4n) is 3.14. The van der Waals surface area contributed by atoms with E-state index in [4.69, 9.17) is 4.42 Å². The number of hydrogen-bond acceptors (Lipinski definition) is 5. The topological polar surface area (TPSA) is 75.4 Å². The number of amides is 2. The predicted molar refractivity (Wildman–Crippen MR) is 85.0 cm³/mol. The fraction of sp³-hybridized carbons (Fsp3) is 0.438. The zero-order valence-corrected chi connectivity index (χ0v) is 13.4. The molecule has 0 radical (unpaired) electrons. The second-order valence-corrected chi connectivity index (χ2v) is 7.07. The van der Waals surface area contributed by atoms with Gasteiger partial charge in [0.15, 0.2) is 5.13 Å². The number of anilines is 1. The van der Waals surface area contributed by atoms with Gasteiger partial charge in [-0.1, -0.05) is 0 Å². The second kappa shape index (κ2) is 5.81. The van der Waals surface area contributed by atoms with Gasteiger partial charge in [0.2, 0.25) is 11.8 Å². The number of likely N-dealkylation sites (tertiary alicyclic amines) is 1. The molecule has 1 aliphatic heterocycles. The maximum absolute atomic E-state index is 12.4. The average Bonchev–Trinajstić information content (AvgIpc) is 3.24. The maximum Gasteiger partial charge on any atom is 0.231 e. The van der Waals surface area contributed by atoms with Gasteiger partial charge < -0.3 is 14.6 Å². The van der Waals surface area contributed by atoms with Crippen LogP contribution in [0.5, 0.6) is 0 Å². The zero-order valence-electron chi connectivity index (χ0n) is 12.6. The van der Waals surface area contributed by atoms with Gasteiger partial charge in [-0.25, -0.2) is 4.98 Å². The van der Waals surface area contributed by atoms with Crippen molar-refractivity contribution in [1.82, 2.24) is 9.88 Å². The third-order valence-corrected chi connectivity index (χ3v) is 5.41. The Hall–Kier alpha value is -2.15. The highest BCUT2D eigenvalue weighted by Crippen LogP contribution is 2.31. The minimum absolute atomic E-state index is 0.0109. The van der Waals surface area contributed by atoms with Crippen molar-refractivity contribution in [3.8, 4) is 0 Å². The molecule has 0 saturated carbocycles. The molecule has 0 unspecified atom stereocenters. The highest BCUT2D eigenvalue weighted by Gasteiger charge is 2.35. The van der Waals surface area contributed by atoms with Crippen molar-refractivity contribution in [3.63, 3.8) is 0 Å². The number of nitrogens with one attached hydrogen (secondary N) is 1. The number of aryl methyl sites for hydroxylation is 2. The maximum atomic E-state index is 12.4. The van der Waals surface area contributed by atoms with E-state index >= 15 is 0 Å². The van der Waals surface area contributed by atoms with Crippen molar-refractivity contribution in [3.05, 3.63) is 34.7 Å². The highest BCUT2D eigenvalue weighted by atomic mass is 32.1. The quantitative estimate of drug-likeness (QED) is 0.932. The summed E-state index contributed by atoms with van der Waals surface area (Å²) in [7, 11) is 0. The molecule has 120 valence electrons. The van der Waals surface area contributed by atoms with Gasteiger partial charge >= 0.3 is 0 Å². The monoisotopic (exact) mass is 331 g/mol. The molecule has 1 N–H and O–H groups in total. The molecule has 2 aromatic rings. The van der Waals surface area contributed by atoms with E-state index in [2.05, 4.69) is 10.3 Å². The SMILES string of the molecule is O=C(Nc1nc2c(s1)CCC2)[C@@H]1CC(=O)N(Cc2ccco2)C1. The van der Waals surface area contributed by atoms with Crippen LogP contribution in [0, 0.1) is 5.92 Å². The number of hydrogen-bond donors (Lipinski definition) is 1. The summed E-state index contributed by atoms with van der Waals surface area (Å²) >= 11 is 1.56. The molecular formula is C16H17N3O3S. The van der Waals surface area contributed by atoms with Crippen LogP contribution in [0.1, 0.15) is 29.2 Å². The second-order valence-electron chi connectivity index (χ2n) is 5.99. The van der Waals surface area contributed by atoms with Crippen LogP contribution in [0.4, 0.5) is 5.13 Å². The van der Waals surface area contributed by atoms with Gasteiger partial charge in [0.05, 0.1) is 24.4 Å². The number of aromatic nitrogens is 1. The Bertz CT molecular complexity index is 716. The lowest BCUT2D eigenvalue weighted by atomic mass is 10.1. The van der Waals surface area contributed by atoms with Gasteiger partial charge in [0.25, 0.3) is 0 Å². The van der Waals surface area contributed by atoms with E-state index < -0.39 is 0 Å². The van der Waals surface area contributed by atoms with Gasteiger partial charge in [-0.05, 0) is 31.4 Å². The van der Waals surface area contributed by atoms with Gasteiger partial charge in [-0.2, -0.15) is 0 Å². The lowest BCUT2D eigenvalue weighted by Gasteiger charge is -2.14. The minimum atomic E-state index is -0.323. The lowest BCUT2D eigenvalue weighted by molar-refractivity contribution is -0.128. The molecule has 6 nitrogen and oxygen atoms in total. The molecule has 2 aromatic heterocycles. The van der Waals surface area contributed by atoms with E-state index in [1.165, 1.54) is 4.88 Å². The van der Waals surface area contributed by atoms with E-state index in [1.54, 1.807) is 28.6 Å². The molecule has 1 fully saturated rings. The van der Waals surface area contributed by atoms with Gasteiger partial charge in [-0.15, -0.1) is 11.3 Å². The summed E-state index contributed by atoms with van der Waals surface area (Å²) in [6.07, 6.45) is 5.04. The Kier molecular flexibility index (Phi) is 3.65. The summed E-state index contributed by atoms with van der Waals surface area (Å²) < 4.78 is 5.27. The van der Waals surface area contributed by atoms with Crippen LogP contribution in [-0.4, -0.2) is 28.2 Å². The number of carbonyl (C=O) groups excluding carboxylic acids is 2. The summed E-state index contributed by atoms with van der Waals surface area (Å²) in [5, 5.41) is 3.54. The molecule has 1 saturated heterocycles. The number of fused-ring (bicyclic) bond motifs is 1. The average molecular weight is 331 g/mol. The Morgan fingerprint density at radius 2 is 2.39 bits per heavy atom. The Morgan fingerprint density at radius 1 is 1.48 bits per heavy atom. The molecule has 2 amide bonds. The predicted octanol–water partition coefficient (Wildman–Crippen LogP) is 2.21. The Labute approximate surface area is 137 Å². The number of furan rings is 1. The third kappa shape index (κ3) is 2.88. The lowest BCUT2D eigenvalue weighted by Crippen LogP contribution is -2.27. The van der Waals surface area contributed by atoms with Crippen molar-refractivity contribution in [2.75, 3.05) is 11.9 Å². The number of rotatable bonds is 4. The van der Waals surface area contributed by atoms with Crippen LogP contribution < -0.4 is 5.32 Å². The first kappa shape index (κ1) is 14.4. The molecular weight excluding hydrogens is 314 g/mol. The van der Waals surface area contributed by atoms with Gasteiger partial charge in [0.1, 0.15) is 5.76 Å². The van der Waals surface area contributed by atoms with Crippen LogP contribution >= 0.6 is 11.3 Å². The van der Waals surface area contributed by atoms with Crippen molar-refractivity contribution < 1.29 is 14.0 Å². The van der Waals surface area contributed by atoms with Crippen LogP contribution in [-0.2, 0) is 29.0 Å². The van der Waals surface area contributed by atoms with Crippen LogP contribution in [0.25, 0.3) is 0 Å². The van der Waals surface area contributed by atoms with Crippen molar-refractivity contribution in [2.45, 2.75) is 32.2 Å². The Morgan fingerprint density at radius 3 is 3.17 bits per heavy atom. The molecule has 7 heteroatoms. The standard InChI is InChI=1S/C16H17N3O3S/c20-14-7-10(8-19(14)9-11-3-2-6-22-11)15(21)18-16-17-12-4-1-5-13(12)23-16/h2-3,6,10H,1,4-5,7-9H2,(H,17,18,21)/t10-/m1/s1. The summed E-state index contributed by atoms with van der Waals surface area (Å²) in [4.78, 5) is 31.9. The molecule has 0 bridgehead atoms. The van der Waals surface area contributed by atoms with E-state index in [1.807, 2.05) is 6.07 Å². The molecule has 0 aromatic carbocycles. The number of thiazole rings is 1. The molecule has 2 aliphatic rings. The first-order valence-electron chi connectivity index (χ1n) is 7.78. The van der Waals surface area contributed by atoms with Gasteiger partial charge in [-0.3, -0.25) is 9.59 Å². The molecule has 1 atom stereocenters. The molecule has 0 spiro atoms. The van der Waals surface area contributed by atoms with Crippen molar-refractivity contribution in [2.24, 2.45) is 5.92 Å². The van der Waals surface area contributed by atoms with E-state index in [-0.39, 0.29) is 24.2 Å². The van der Waals surface area contributed by atoms with Crippen LogP contribution in [0.2, 0.25) is 0 Å². The van der Waals surface area contributed by atoms with Gasteiger partial charge in [0, 0.05) is 17.8 Å². The number of carbonyl (C=O) groups is 2. The first-order chi connectivity index (χ1) is 11.2. The molecule has 4 rings (SSSR count).